The zero-order valence-corrected chi connectivity index (χ0v) is 20.5. The molecule has 1 aliphatic rings. The topological polar surface area (TPSA) is 85.8 Å². The van der Waals surface area contributed by atoms with Crippen LogP contribution >= 0.6 is 23.1 Å². The Balaban J connectivity index is 1.48. The molecule has 0 N–H and O–H groups in total. The maximum Gasteiger partial charge on any atom is 0.350 e. The van der Waals surface area contributed by atoms with E-state index in [1.54, 1.807) is 13.8 Å². The van der Waals surface area contributed by atoms with Crippen LogP contribution in [0.4, 0.5) is 5.13 Å². The molecule has 9 heteroatoms. The number of fused-ring (bicyclic) bond motifs is 1. The highest BCUT2D eigenvalue weighted by molar-refractivity contribution is 8.01. The fourth-order valence-corrected chi connectivity index (χ4v) is 5.70. The van der Waals surface area contributed by atoms with E-state index < -0.39 is 24.5 Å². The van der Waals surface area contributed by atoms with Crippen LogP contribution in [0.3, 0.4) is 0 Å². The van der Waals surface area contributed by atoms with Crippen molar-refractivity contribution in [1.29, 1.82) is 0 Å². The highest BCUT2D eigenvalue weighted by Gasteiger charge is 2.31. The van der Waals surface area contributed by atoms with Gasteiger partial charge in [0.15, 0.2) is 11.7 Å². The zero-order chi connectivity index (χ0) is 24.1. The Kier molecular flexibility index (Phi) is 7.64. The molecule has 2 heterocycles. The lowest BCUT2D eigenvalue weighted by atomic mass is 10.1. The zero-order valence-electron chi connectivity index (χ0n) is 18.9. The summed E-state index contributed by atoms with van der Waals surface area (Å²) in [5.41, 5.74) is 2.48. The molecule has 0 unspecified atom stereocenters. The average Bonchev–Trinajstić information content (AvgIpc) is 3.45. The third-order valence-electron chi connectivity index (χ3n) is 5.21. The minimum Gasteiger partial charge on any atom is -0.462 e. The second-order valence-corrected chi connectivity index (χ2v) is 9.85. The number of aromatic nitrogens is 1. The lowest BCUT2D eigenvalue weighted by molar-refractivity contribution is -0.147. The highest BCUT2D eigenvalue weighted by Crippen LogP contribution is 2.37. The summed E-state index contributed by atoms with van der Waals surface area (Å²) in [5, 5.41) is -0.0154. The predicted octanol–water partition coefficient (Wildman–Crippen LogP) is 4.42. The predicted molar refractivity (Wildman–Crippen MR) is 131 cm³/mol. The molecule has 1 atom stereocenters. The first-order valence-electron chi connectivity index (χ1n) is 10.9. The first kappa shape index (κ1) is 24.0. The molecule has 1 aliphatic heterocycles. The van der Waals surface area contributed by atoms with Crippen molar-refractivity contribution in [2.45, 2.75) is 37.0 Å². The van der Waals surface area contributed by atoms with Crippen molar-refractivity contribution in [2.24, 2.45) is 0 Å². The van der Waals surface area contributed by atoms with Crippen LogP contribution in [0.2, 0.25) is 0 Å². The highest BCUT2D eigenvalue weighted by atomic mass is 32.2. The number of thioether (sulfide) groups is 1. The Morgan fingerprint density at radius 1 is 1.06 bits per heavy atom. The van der Waals surface area contributed by atoms with E-state index in [2.05, 4.69) is 4.98 Å². The van der Waals surface area contributed by atoms with Gasteiger partial charge in [0.2, 0.25) is 0 Å². The smallest absolute Gasteiger partial charge is 0.350 e. The molecule has 4 rings (SSSR count). The van der Waals surface area contributed by atoms with Crippen molar-refractivity contribution in [1.82, 2.24) is 4.98 Å². The summed E-state index contributed by atoms with van der Waals surface area (Å²) in [6.07, 6.45) is 0.580. The van der Waals surface area contributed by atoms with Crippen LogP contribution in [0.15, 0.2) is 59.5 Å². The molecule has 7 nitrogen and oxygen atoms in total. The van der Waals surface area contributed by atoms with Crippen molar-refractivity contribution in [3.05, 3.63) is 76.3 Å². The molecular weight excluding hydrogens is 472 g/mol. The number of rotatable bonds is 8. The van der Waals surface area contributed by atoms with Crippen molar-refractivity contribution in [3.63, 3.8) is 0 Å². The number of carbonyl (C=O) groups is 3. The van der Waals surface area contributed by atoms with Crippen LogP contribution in [0.1, 0.15) is 33.4 Å². The second kappa shape index (κ2) is 10.8. The molecule has 0 spiro atoms. The lowest BCUT2D eigenvalue weighted by Crippen LogP contribution is -2.35. The summed E-state index contributed by atoms with van der Waals surface area (Å²) < 4.78 is 10.5. The first-order chi connectivity index (χ1) is 16.5. The number of thiazole rings is 1. The van der Waals surface area contributed by atoms with Crippen LogP contribution in [0, 0.1) is 6.92 Å². The summed E-state index contributed by atoms with van der Waals surface area (Å²) in [6, 6.07) is 17.3. The van der Waals surface area contributed by atoms with Gasteiger partial charge in [-0.1, -0.05) is 59.9 Å². The molecule has 0 fully saturated rings. The molecule has 0 radical (unpaired) electrons. The molecule has 0 bridgehead atoms. The molecule has 1 amide bonds. The van der Waals surface area contributed by atoms with Crippen LogP contribution in [0.5, 0.6) is 0 Å². The number of amides is 1. The van der Waals surface area contributed by atoms with Gasteiger partial charge in [0.05, 0.1) is 18.8 Å². The van der Waals surface area contributed by atoms with Crippen LogP contribution in [0.25, 0.3) is 0 Å². The third kappa shape index (κ3) is 5.48. The standard InChI is InChI=1S/C25H24N2O5S2/c1-3-31-24(30)22-16(2)26-25(34-22)27(14-17-9-5-4-6-10-17)21(28)15-32-23(29)20-13-18-11-7-8-12-19(18)33-20/h4-12,20H,3,13-15H2,1-2H3/t20-/m0/s1. The molecule has 1 aromatic heterocycles. The monoisotopic (exact) mass is 496 g/mol. The first-order valence-corrected chi connectivity index (χ1v) is 12.6. The van der Waals surface area contributed by atoms with Gasteiger partial charge in [0.25, 0.3) is 5.91 Å². The normalized spacial score (nSPS) is 14.4. The van der Waals surface area contributed by atoms with E-state index in [0.29, 0.717) is 22.1 Å². The van der Waals surface area contributed by atoms with E-state index in [-0.39, 0.29) is 18.4 Å². The maximum absolute atomic E-state index is 13.2. The SMILES string of the molecule is CCOC(=O)c1sc(N(Cc2ccccc2)C(=O)COC(=O)[C@@H]2Cc3ccccc3S2)nc1C. The Bertz CT molecular complexity index is 1170. The largest absolute Gasteiger partial charge is 0.462 e. The quantitative estimate of drug-likeness (QED) is 0.427. The van der Waals surface area contributed by atoms with Crippen molar-refractivity contribution < 1.29 is 23.9 Å². The Morgan fingerprint density at radius 3 is 2.53 bits per heavy atom. The molecular formula is C25H24N2O5S2. The number of esters is 2. The van der Waals surface area contributed by atoms with Crippen molar-refractivity contribution in [3.8, 4) is 0 Å². The van der Waals surface area contributed by atoms with Gasteiger partial charge in [-0.15, -0.1) is 11.8 Å². The number of hydrogen-bond donors (Lipinski definition) is 0. The van der Waals surface area contributed by atoms with Crippen LogP contribution in [-0.2, 0) is 32.0 Å². The van der Waals surface area contributed by atoms with Gasteiger partial charge in [-0.3, -0.25) is 14.5 Å². The van der Waals surface area contributed by atoms with E-state index >= 15 is 0 Å². The van der Waals surface area contributed by atoms with E-state index in [0.717, 1.165) is 27.4 Å². The molecule has 0 aliphatic carbocycles. The number of aryl methyl sites for hydroxylation is 1. The maximum atomic E-state index is 13.2. The Labute approximate surface area is 206 Å². The third-order valence-corrected chi connectivity index (χ3v) is 7.67. The number of ether oxygens (including phenoxy) is 2. The number of carbonyl (C=O) groups excluding carboxylic acids is 3. The number of hydrogen-bond acceptors (Lipinski definition) is 8. The van der Waals surface area contributed by atoms with Gasteiger partial charge in [-0.25, -0.2) is 9.78 Å². The minimum absolute atomic E-state index is 0.232. The molecule has 0 saturated heterocycles. The van der Waals surface area contributed by atoms with Gasteiger partial charge in [-0.05, 0) is 37.5 Å². The van der Waals surface area contributed by atoms with Gasteiger partial charge in [-0.2, -0.15) is 0 Å². The summed E-state index contributed by atoms with van der Waals surface area (Å²) in [7, 11) is 0. The number of anilines is 1. The average molecular weight is 497 g/mol. The fourth-order valence-electron chi connectivity index (χ4n) is 3.53. The fraction of sp³-hybridized carbons (Fsp3) is 0.280. The summed E-state index contributed by atoms with van der Waals surface area (Å²) in [5.74, 6) is -1.31. The molecule has 3 aromatic rings. The van der Waals surface area contributed by atoms with Gasteiger partial charge in [0.1, 0.15) is 10.1 Å². The Morgan fingerprint density at radius 2 is 1.79 bits per heavy atom. The minimum atomic E-state index is -0.472. The molecule has 34 heavy (non-hydrogen) atoms. The van der Waals surface area contributed by atoms with Crippen LogP contribution < -0.4 is 4.90 Å². The lowest BCUT2D eigenvalue weighted by Gasteiger charge is -2.20. The van der Waals surface area contributed by atoms with E-state index in [1.165, 1.54) is 16.7 Å². The summed E-state index contributed by atoms with van der Waals surface area (Å²) in [4.78, 5) is 45.4. The molecule has 2 aromatic carbocycles. The number of benzene rings is 2. The van der Waals surface area contributed by atoms with Gasteiger partial charge >= 0.3 is 11.9 Å². The summed E-state index contributed by atoms with van der Waals surface area (Å²) >= 11 is 2.54. The van der Waals surface area contributed by atoms with Gasteiger partial charge < -0.3 is 9.47 Å². The van der Waals surface area contributed by atoms with E-state index in [1.807, 2.05) is 54.6 Å². The number of nitrogens with zero attached hydrogens (tertiary/aromatic N) is 2. The molecule has 0 saturated carbocycles. The van der Waals surface area contributed by atoms with Crippen molar-refractivity contribution >= 4 is 46.1 Å². The van der Waals surface area contributed by atoms with E-state index in [9.17, 15) is 14.4 Å². The summed E-state index contributed by atoms with van der Waals surface area (Å²) in [6.45, 7) is 3.50. The van der Waals surface area contributed by atoms with E-state index in [4.69, 9.17) is 9.47 Å². The van der Waals surface area contributed by atoms with Crippen LogP contribution in [-0.4, -0.2) is 41.3 Å². The van der Waals surface area contributed by atoms with Gasteiger partial charge in [0, 0.05) is 4.90 Å². The Hall–Kier alpha value is -3.17. The van der Waals surface area contributed by atoms with Crippen molar-refractivity contribution in [2.75, 3.05) is 18.1 Å². The molecule has 176 valence electrons. The second-order valence-electron chi connectivity index (χ2n) is 7.62.